The fourth-order valence-corrected chi connectivity index (χ4v) is 2.70. The Morgan fingerprint density at radius 3 is 3.00 bits per heavy atom. The van der Waals surface area contributed by atoms with E-state index < -0.39 is 0 Å². The van der Waals surface area contributed by atoms with Gasteiger partial charge in [-0.2, -0.15) is 0 Å². The van der Waals surface area contributed by atoms with Gasteiger partial charge in [0.15, 0.2) is 0 Å². The number of carbonyl (C=O) groups is 1. The number of aryl methyl sites for hydroxylation is 1. The average molecular weight is 281 g/mol. The summed E-state index contributed by atoms with van der Waals surface area (Å²) in [6, 6.07) is 11.9. The zero-order valence-corrected chi connectivity index (χ0v) is 12.1. The van der Waals surface area contributed by atoms with Crippen LogP contribution in [0.15, 0.2) is 42.6 Å². The lowest BCUT2D eigenvalue weighted by molar-refractivity contribution is -0.121. The number of fused-ring (bicyclic) bond motifs is 1. The van der Waals surface area contributed by atoms with Gasteiger partial charge in [-0.15, -0.1) is 0 Å². The molecule has 2 aromatic rings. The molecule has 4 heteroatoms. The number of aromatic nitrogens is 1. The Labute approximate surface area is 124 Å². The summed E-state index contributed by atoms with van der Waals surface area (Å²) in [5.74, 6) is 0.0268. The van der Waals surface area contributed by atoms with Crippen molar-refractivity contribution >= 4 is 11.6 Å². The maximum atomic E-state index is 12.3. The van der Waals surface area contributed by atoms with E-state index in [9.17, 15) is 4.79 Å². The monoisotopic (exact) mass is 281 g/mol. The molecule has 3 rings (SSSR count). The van der Waals surface area contributed by atoms with Gasteiger partial charge in [-0.3, -0.25) is 9.78 Å². The van der Waals surface area contributed by atoms with Gasteiger partial charge in [-0.05, 0) is 29.7 Å². The third kappa shape index (κ3) is 2.89. The molecule has 0 bridgehead atoms. The second-order valence-corrected chi connectivity index (χ2v) is 5.24. The van der Waals surface area contributed by atoms with E-state index in [1.54, 1.807) is 6.20 Å². The molecular formula is C17H19N3O. The van der Waals surface area contributed by atoms with Crippen molar-refractivity contribution in [1.29, 1.82) is 0 Å². The first kappa shape index (κ1) is 13.6. The van der Waals surface area contributed by atoms with Crippen molar-refractivity contribution in [2.75, 3.05) is 5.32 Å². The van der Waals surface area contributed by atoms with Crippen molar-refractivity contribution in [3.8, 4) is 0 Å². The zero-order valence-electron chi connectivity index (χ0n) is 12.1. The number of anilines is 1. The van der Waals surface area contributed by atoms with Gasteiger partial charge in [0.2, 0.25) is 5.91 Å². The van der Waals surface area contributed by atoms with Crippen LogP contribution in [-0.4, -0.2) is 16.9 Å². The standard InChI is InChI=1S/C17H19N3O/c1-2-12-7-5-9-18-16(12)11-19-17(21)15-10-13-6-3-4-8-14(13)20-15/h3-9,15,20H,2,10-11H2,1H3,(H,19,21)/t15-/m0/s1. The summed E-state index contributed by atoms with van der Waals surface area (Å²) in [6.45, 7) is 2.58. The van der Waals surface area contributed by atoms with Crippen molar-refractivity contribution in [2.24, 2.45) is 0 Å². The largest absolute Gasteiger partial charge is 0.373 e. The van der Waals surface area contributed by atoms with E-state index in [1.165, 1.54) is 11.1 Å². The second kappa shape index (κ2) is 5.95. The van der Waals surface area contributed by atoms with Crippen molar-refractivity contribution in [3.05, 3.63) is 59.4 Å². The van der Waals surface area contributed by atoms with Crippen LogP contribution >= 0.6 is 0 Å². The number of nitrogens with one attached hydrogen (secondary N) is 2. The number of hydrogen-bond acceptors (Lipinski definition) is 3. The number of hydrogen-bond donors (Lipinski definition) is 2. The SMILES string of the molecule is CCc1cccnc1CNC(=O)[C@@H]1Cc2ccccc2N1. The molecule has 1 aliphatic heterocycles. The van der Waals surface area contributed by atoms with Crippen LogP contribution in [0, 0.1) is 0 Å². The smallest absolute Gasteiger partial charge is 0.243 e. The number of rotatable bonds is 4. The number of carbonyl (C=O) groups excluding carboxylic acids is 1. The van der Waals surface area contributed by atoms with Gasteiger partial charge in [0, 0.05) is 18.3 Å². The van der Waals surface area contributed by atoms with E-state index in [1.807, 2.05) is 24.3 Å². The molecule has 0 aliphatic carbocycles. The normalized spacial score (nSPS) is 16.1. The molecule has 108 valence electrons. The lowest BCUT2D eigenvalue weighted by atomic mass is 10.1. The van der Waals surface area contributed by atoms with Crippen LogP contribution in [-0.2, 0) is 24.2 Å². The Morgan fingerprint density at radius 2 is 2.19 bits per heavy atom. The van der Waals surface area contributed by atoms with Crippen LogP contribution < -0.4 is 10.6 Å². The van der Waals surface area contributed by atoms with Crippen LogP contribution in [0.5, 0.6) is 0 Å². The third-order valence-electron chi connectivity index (χ3n) is 3.88. The van der Waals surface area contributed by atoms with E-state index >= 15 is 0 Å². The van der Waals surface area contributed by atoms with Gasteiger partial charge >= 0.3 is 0 Å². The molecule has 2 heterocycles. The number of para-hydroxylation sites is 1. The molecule has 0 fully saturated rings. The predicted molar refractivity (Wildman–Crippen MR) is 83.0 cm³/mol. The molecule has 2 N–H and O–H groups in total. The first-order valence-electron chi connectivity index (χ1n) is 7.33. The number of pyridine rings is 1. The summed E-state index contributed by atoms with van der Waals surface area (Å²) >= 11 is 0. The molecule has 4 nitrogen and oxygen atoms in total. The first-order valence-corrected chi connectivity index (χ1v) is 7.33. The molecule has 0 saturated carbocycles. The second-order valence-electron chi connectivity index (χ2n) is 5.24. The Balaban J connectivity index is 1.61. The summed E-state index contributed by atoms with van der Waals surface area (Å²) in [4.78, 5) is 16.6. The van der Waals surface area contributed by atoms with Crippen LogP contribution in [0.2, 0.25) is 0 Å². The predicted octanol–water partition coefficient (Wildman–Crippen LogP) is 2.30. The fourth-order valence-electron chi connectivity index (χ4n) is 2.70. The van der Waals surface area contributed by atoms with Crippen molar-refractivity contribution in [2.45, 2.75) is 32.4 Å². The Kier molecular flexibility index (Phi) is 3.86. The molecule has 1 amide bonds. The summed E-state index contributed by atoms with van der Waals surface area (Å²) < 4.78 is 0. The van der Waals surface area contributed by atoms with Gasteiger partial charge in [0.1, 0.15) is 6.04 Å². The van der Waals surface area contributed by atoms with E-state index in [4.69, 9.17) is 0 Å². The number of amides is 1. The minimum Gasteiger partial charge on any atom is -0.373 e. The first-order chi connectivity index (χ1) is 10.3. The molecule has 0 radical (unpaired) electrons. The molecule has 21 heavy (non-hydrogen) atoms. The summed E-state index contributed by atoms with van der Waals surface area (Å²) in [7, 11) is 0. The molecule has 1 aromatic carbocycles. The molecule has 1 aromatic heterocycles. The number of benzene rings is 1. The molecule has 0 spiro atoms. The van der Waals surface area contributed by atoms with Crippen molar-refractivity contribution in [3.63, 3.8) is 0 Å². The van der Waals surface area contributed by atoms with Crippen molar-refractivity contribution in [1.82, 2.24) is 10.3 Å². The summed E-state index contributed by atoms with van der Waals surface area (Å²) in [6.07, 6.45) is 3.43. The third-order valence-corrected chi connectivity index (χ3v) is 3.88. The fraction of sp³-hybridized carbons (Fsp3) is 0.294. The highest BCUT2D eigenvalue weighted by Crippen LogP contribution is 2.25. The minimum absolute atomic E-state index is 0.0268. The van der Waals surface area contributed by atoms with Gasteiger partial charge in [-0.25, -0.2) is 0 Å². The van der Waals surface area contributed by atoms with E-state index in [2.05, 4.69) is 34.7 Å². The number of nitrogens with zero attached hydrogens (tertiary/aromatic N) is 1. The van der Waals surface area contributed by atoms with Crippen LogP contribution in [0.4, 0.5) is 5.69 Å². The zero-order chi connectivity index (χ0) is 14.7. The average Bonchev–Trinajstić information content (AvgIpc) is 2.97. The minimum atomic E-state index is -0.184. The highest BCUT2D eigenvalue weighted by molar-refractivity contribution is 5.87. The summed E-state index contributed by atoms with van der Waals surface area (Å²) in [5.41, 5.74) is 4.39. The van der Waals surface area contributed by atoms with E-state index in [0.717, 1.165) is 24.2 Å². The quantitative estimate of drug-likeness (QED) is 0.904. The molecular weight excluding hydrogens is 262 g/mol. The Morgan fingerprint density at radius 1 is 1.33 bits per heavy atom. The Bertz CT molecular complexity index is 629. The van der Waals surface area contributed by atoms with E-state index in [0.29, 0.717) is 6.54 Å². The van der Waals surface area contributed by atoms with E-state index in [-0.39, 0.29) is 11.9 Å². The maximum Gasteiger partial charge on any atom is 0.243 e. The van der Waals surface area contributed by atoms with Crippen LogP contribution in [0.25, 0.3) is 0 Å². The lowest BCUT2D eigenvalue weighted by Crippen LogP contribution is -2.38. The highest BCUT2D eigenvalue weighted by Gasteiger charge is 2.26. The van der Waals surface area contributed by atoms with Crippen LogP contribution in [0.3, 0.4) is 0 Å². The van der Waals surface area contributed by atoms with Gasteiger partial charge in [0.25, 0.3) is 0 Å². The maximum absolute atomic E-state index is 12.3. The van der Waals surface area contributed by atoms with Crippen molar-refractivity contribution < 1.29 is 4.79 Å². The molecule has 0 saturated heterocycles. The topological polar surface area (TPSA) is 54.0 Å². The highest BCUT2D eigenvalue weighted by atomic mass is 16.2. The Hall–Kier alpha value is -2.36. The van der Waals surface area contributed by atoms with Gasteiger partial charge < -0.3 is 10.6 Å². The molecule has 1 atom stereocenters. The summed E-state index contributed by atoms with van der Waals surface area (Å²) in [5, 5.41) is 6.25. The van der Waals surface area contributed by atoms with Gasteiger partial charge in [-0.1, -0.05) is 31.2 Å². The molecule has 1 aliphatic rings. The van der Waals surface area contributed by atoms with Crippen LogP contribution in [0.1, 0.15) is 23.7 Å². The molecule has 0 unspecified atom stereocenters. The lowest BCUT2D eigenvalue weighted by Gasteiger charge is -2.13. The van der Waals surface area contributed by atoms with Gasteiger partial charge in [0.05, 0.1) is 12.2 Å².